The first-order valence-electron chi connectivity index (χ1n) is 2.99. The van der Waals surface area contributed by atoms with Gasteiger partial charge in [-0.25, -0.2) is 0 Å². The number of hydrogen-bond donors (Lipinski definition) is 0. The van der Waals surface area contributed by atoms with Crippen molar-refractivity contribution in [2.75, 3.05) is 6.54 Å². The molecule has 44 valence electrons. The molecule has 0 amide bonds. The van der Waals surface area contributed by atoms with Crippen LogP contribution in [-0.2, 0) is 0 Å². The van der Waals surface area contributed by atoms with Gasteiger partial charge in [0.05, 0.1) is 6.54 Å². The molecule has 0 aromatic rings. The number of rotatable bonds is 1. The standard InChI is InChI=1S/C7H11N/c1-6(2)7-3-4-8-5-7/h3-4,6H,5H2,1-2H3. The summed E-state index contributed by atoms with van der Waals surface area (Å²) >= 11 is 0. The summed E-state index contributed by atoms with van der Waals surface area (Å²) in [4.78, 5) is 4.07. The predicted octanol–water partition coefficient (Wildman–Crippen LogP) is 1.65. The highest BCUT2D eigenvalue weighted by Crippen LogP contribution is 2.11. The molecule has 0 aromatic carbocycles. The zero-order valence-electron chi connectivity index (χ0n) is 5.39. The maximum Gasteiger partial charge on any atom is 0.0605 e. The van der Waals surface area contributed by atoms with Gasteiger partial charge < -0.3 is 0 Å². The first-order valence-corrected chi connectivity index (χ1v) is 2.99. The molecule has 0 fully saturated rings. The van der Waals surface area contributed by atoms with Crippen LogP contribution in [0.4, 0.5) is 0 Å². The van der Waals surface area contributed by atoms with Gasteiger partial charge in [-0.15, -0.1) is 0 Å². The lowest BCUT2D eigenvalue weighted by Crippen LogP contribution is -1.93. The first-order chi connectivity index (χ1) is 3.80. The van der Waals surface area contributed by atoms with Crippen molar-refractivity contribution in [1.82, 2.24) is 0 Å². The van der Waals surface area contributed by atoms with Crippen LogP contribution >= 0.6 is 0 Å². The van der Waals surface area contributed by atoms with Gasteiger partial charge >= 0.3 is 0 Å². The average Bonchev–Trinajstić information content (AvgIpc) is 2.12. The third kappa shape index (κ3) is 0.971. The van der Waals surface area contributed by atoms with E-state index in [9.17, 15) is 0 Å². The van der Waals surface area contributed by atoms with E-state index in [4.69, 9.17) is 0 Å². The van der Waals surface area contributed by atoms with Crippen molar-refractivity contribution >= 4 is 6.21 Å². The summed E-state index contributed by atoms with van der Waals surface area (Å²) in [6, 6.07) is 0. The molecule has 0 saturated heterocycles. The molecule has 0 unspecified atom stereocenters. The first kappa shape index (κ1) is 5.54. The normalized spacial score (nSPS) is 17.6. The van der Waals surface area contributed by atoms with Crippen molar-refractivity contribution in [2.45, 2.75) is 13.8 Å². The molecule has 0 bridgehead atoms. The van der Waals surface area contributed by atoms with Gasteiger partial charge in [0.1, 0.15) is 0 Å². The van der Waals surface area contributed by atoms with Crippen LogP contribution in [0.3, 0.4) is 0 Å². The number of nitrogens with zero attached hydrogens (tertiary/aromatic N) is 1. The lowest BCUT2D eigenvalue weighted by atomic mass is 10.1. The van der Waals surface area contributed by atoms with Crippen molar-refractivity contribution < 1.29 is 0 Å². The van der Waals surface area contributed by atoms with Crippen LogP contribution in [0.25, 0.3) is 0 Å². The fourth-order valence-electron chi connectivity index (χ4n) is 0.734. The van der Waals surface area contributed by atoms with Crippen LogP contribution in [0.2, 0.25) is 0 Å². The molecule has 1 heterocycles. The van der Waals surface area contributed by atoms with E-state index < -0.39 is 0 Å². The van der Waals surface area contributed by atoms with Crippen LogP contribution in [0.15, 0.2) is 16.6 Å². The molecule has 0 spiro atoms. The molecular formula is C7H11N. The highest BCUT2D eigenvalue weighted by Gasteiger charge is 2.02. The number of allylic oxidation sites excluding steroid dienone is 1. The zero-order valence-corrected chi connectivity index (χ0v) is 5.39. The second kappa shape index (κ2) is 2.12. The second-order valence-electron chi connectivity index (χ2n) is 2.39. The maximum absolute atomic E-state index is 4.07. The molecule has 1 aliphatic rings. The Morgan fingerprint density at radius 1 is 1.62 bits per heavy atom. The quantitative estimate of drug-likeness (QED) is 0.485. The Bertz CT molecular complexity index is 131. The van der Waals surface area contributed by atoms with Crippen LogP contribution in [0.5, 0.6) is 0 Å². The molecule has 1 nitrogen and oxygen atoms in total. The topological polar surface area (TPSA) is 12.4 Å². The molecule has 0 radical (unpaired) electrons. The Balaban J connectivity index is 2.51. The van der Waals surface area contributed by atoms with Crippen molar-refractivity contribution in [3.05, 3.63) is 11.6 Å². The SMILES string of the molecule is CC(C)C1=CC=NC1. The minimum atomic E-state index is 0.678. The molecule has 8 heavy (non-hydrogen) atoms. The van der Waals surface area contributed by atoms with Gasteiger partial charge in [0, 0.05) is 6.21 Å². The number of aliphatic imine (C=N–C) groups is 1. The molecular weight excluding hydrogens is 98.1 g/mol. The van der Waals surface area contributed by atoms with Crippen LogP contribution in [-0.4, -0.2) is 12.8 Å². The molecule has 1 rings (SSSR count). The van der Waals surface area contributed by atoms with Crippen LogP contribution in [0, 0.1) is 5.92 Å². The second-order valence-corrected chi connectivity index (χ2v) is 2.39. The highest BCUT2D eigenvalue weighted by atomic mass is 14.7. The zero-order chi connectivity index (χ0) is 5.98. The van der Waals surface area contributed by atoms with Crippen LogP contribution in [0.1, 0.15) is 13.8 Å². The molecule has 0 saturated carbocycles. The van der Waals surface area contributed by atoms with E-state index in [1.165, 1.54) is 5.57 Å². The summed E-state index contributed by atoms with van der Waals surface area (Å²) < 4.78 is 0. The fraction of sp³-hybridized carbons (Fsp3) is 0.571. The highest BCUT2D eigenvalue weighted by molar-refractivity contribution is 5.75. The van der Waals surface area contributed by atoms with E-state index in [0.717, 1.165) is 6.54 Å². The Morgan fingerprint density at radius 2 is 2.38 bits per heavy atom. The third-order valence-electron chi connectivity index (χ3n) is 1.41. The molecule has 0 aliphatic carbocycles. The largest absolute Gasteiger partial charge is 0.289 e. The summed E-state index contributed by atoms with van der Waals surface area (Å²) in [7, 11) is 0. The van der Waals surface area contributed by atoms with Gasteiger partial charge in [0.2, 0.25) is 0 Å². The predicted molar refractivity (Wildman–Crippen MR) is 36.3 cm³/mol. The van der Waals surface area contributed by atoms with Crippen molar-refractivity contribution in [1.29, 1.82) is 0 Å². The Morgan fingerprint density at radius 3 is 2.62 bits per heavy atom. The maximum atomic E-state index is 4.07. The minimum absolute atomic E-state index is 0.678. The van der Waals surface area contributed by atoms with Crippen molar-refractivity contribution in [2.24, 2.45) is 10.9 Å². The van der Waals surface area contributed by atoms with Crippen LogP contribution < -0.4 is 0 Å². The lowest BCUT2D eigenvalue weighted by Gasteiger charge is -2.01. The van der Waals surface area contributed by atoms with Gasteiger partial charge in [-0.05, 0) is 17.6 Å². The molecule has 0 N–H and O–H groups in total. The van der Waals surface area contributed by atoms with Gasteiger partial charge in [0.25, 0.3) is 0 Å². The summed E-state index contributed by atoms with van der Waals surface area (Å²) in [6.45, 7) is 5.32. The average molecular weight is 109 g/mol. The molecule has 0 atom stereocenters. The van der Waals surface area contributed by atoms with E-state index in [0.29, 0.717) is 5.92 Å². The minimum Gasteiger partial charge on any atom is -0.289 e. The third-order valence-corrected chi connectivity index (χ3v) is 1.41. The smallest absolute Gasteiger partial charge is 0.0605 e. The van der Waals surface area contributed by atoms with Crippen molar-refractivity contribution in [3.63, 3.8) is 0 Å². The Kier molecular flexibility index (Phi) is 1.47. The Hall–Kier alpha value is -0.590. The molecule has 1 aliphatic heterocycles. The summed E-state index contributed by atoms with van der Waals surface area (Å²) in [5, 5.41) is 0. The van der Waals surface area contributed by atoms with E-state index in [1.54, 1.807) is 0 Å². The van der Waals surface area contributed by atoms with Gasteiger partial charge in [0.15, 0.2) is 0 Å². The van der Waals surface area contributed by atoms with E-state index in [-0.39, 0.29) is 0 Å². The fourth-order valence-corrected chi connectivity index (χ4v) is 0.734. The monoisotopic (exact) mass is 109 g/mol. The number of hydrogen-bond acceptors (Lipinski definition) is 1. The van der Waals surface area contributed by atoms with Gasteiger partial charge in [-0.2, -0.15) is 0 Å². The molecule has 1 heteroatoms. The summed E-state index contributed by atoms with van der Waals surface area (Å²) in [5.74, 6) is 0.678. The summed E-state index contributed by atoms with van der Waals surface area (Å²) in [6.07, 6.45) is 3.99. The molecule has 0 aromatic heterocycles. The summed E-state index contributed by atoms with van der Waals surface area (Å²) in [5.41, 5.74) is 1.45. The lowest BCUT2D eigenvalue weighted by molar-refractivity contribution is 0.754. The van der Waals surface area contributed by atoms with E-state index in [1.807, 2.05) is 6.21 Å². The van der Waals surface area contributed by atoms with E-state index >= 15 is 0 Å². The van der Waals surface area contributed by atoms with Crippen molar-refractivity contribution in [3.8, 4) is 0 Å². The Labute approximate surface area is 50.1 Å². The van der Waals surface area contributed by atoms with Gasteiger partial charge in [-0.3, -0.25) is 4.99 Å². The van der Waals surface area contributed by atoms with Gasteiger partial charge in [-0.1, -0.05) is 13.8 Å². The van der Waals surface area contributed by atoms with E-state index in [2.05, 4.69) is 24.9 Å².